The van der Waals surface area contributed by atoms with Crippen molar-refractivity contribution in [2.24, 2.45) is 0 Å². The molecule has 0 aromatic heterocycles. The number of allylic oxidation sites excluding steroid dienone is 1. The summed E-state index contributed by atoms with van der Waals surface area (Å²) >= 11 is 0. The van der Waals surface area contributed by atoms with Crippen LogP contribution in [0.15, 0.2) is 18.2 Å². The number of carbonyl (C=O) groups is 1. The molecule has 3 rings (SSSR count). The second-order valence-electron chi connectivity index (χ2n) is 5.29. The third-order valence-electron chi connectivity index (χ3n) is 3.62. The molecule has 0 unspecified atom stereocenters. The van der Waals surface area contributed by atoms with Crippen LogP contribution in [-0.4, -0.2) is 27.1 Å². The molecule has 2 saturated carbocycles. The van der Waals surface area contributed by atoms with Gasteiger partial charge in [-0.25, -0.2) is 0 Å². The zero-order chi connectivity index (χ0) is 18.8. The Morgan fingerprint density at radius 3 is 1.67 bits per heavy atom. The van der Waals surface area contributed by atoms with E-state index in [1.165, 1.54) is 6.08 Å². The summed E-state index contributed by atoms with van der Waals surface area (Å²) in [5.41, 5.74) is 0.796. The van der Waals surface area contributed by atoms with Gasteiger partial charge >= 0.3 is 17.1 Å². The average Bonchev–Trinajstić information content (AvgIpc) is 3.41. The molecule has 140 valence electrons. The Balaban J connectivity index is 0.000000526. The first-order valence-electron chi connectivity index (χ1n) is 8.10. The minimum Gasteiger partial charge on any atom is -0.493 e. The van der Waals surface area contributed by atoms with Crippen molar-refractivity contribution in [1.29, 1.82) is 0 Å². The minimum atomic E-state index is -0.0475. The Kier molecular flexibility index (Phi) is 11.2. The van der Waals surface area contributed by atoms with Gasteiger partial charge in [0, 0.05) is 0 Å². The molecule has 0 heterocycles. The minimum absolute atomic E-state index is 0. The van der Waals surface area contributed by atoms with E-state index in [-0.39, 0.29) is 22.9 Å². The van der Waals surface area contributed by atoms with Crippen molar-refractivity contribution in [1.82, 2.24) is 0 Å². The first kappa shape index (κ1) is 23.6. The largest absolute Gasteiger partial charge is 2.00 e. The maximum absolute atomic E-state index is 11.9. The molecule has 0 bridgehead atoms. The Morgan fingerprint density at radius 1 is 0.778 bits per heavy atom. The number of ether oxygens (including phenoxy) is 3. The van der Waals surface area contributed by atoms with Crippen LogP contribution < -0.4 is 14.2 Å². The van der Waals surface area contributed by atoms with E-state index in [4.69, 9.17) is 14.2 Å². The fourth-order valence-corrected chi connectivity index (χ4v) is 2.32. The number of hydrogen-bond acceptors (Lipinski definition) is 4. The number of methoxy groups -OCH3 is 3. The number of ketones is 1. The molecule has 0 atom stereocenters. The van der Waals surface area contributed by atoms with Crippen LogP contribution in [0.1, 0.15) is 5.56 Å². The monoisotopic (exact) mass is 406 g/mol. The predicted octanol–water partition coefficient (Wildman–Crippen LogP) is 3.72. The topological polar surface area (TPSA) is 44.8 Å². The maximum atomic E-state index is 11.9. The van der Waals surface area contributed by atoms with Crippen LogP contribution in [0.2, 0.25) is 0 Å². The normalized spacial score (nSPS) is 16.4. The average molecular weight is 406 g/mol. The van der Waals surface area contributed by atoms with Crippen LogP contribution in [0.5, 0.6) is 17.2 Å². The molecule has 1 aromatic rings. The van der Waals surface area contributed by atoms with Crippen molar-refractivity contribution >= 4 is 11.9 Å². The Labute approximate surface area is 174 Å². The molecule has 1 aromatic carbocycles. The Morgan fingerprint density at radius 2 is 1.26 bits per heavy atom. The molecule has 0 spiro atoms. The zero-order valence-electron chi connectivity index (χ0n) is 15.5. The van der Waals surface area contributed by atoms with E-state index in [1.807, 2.05) is 44.9 Å². The SMILES string of the molecule is COc1cc(/C=C/C(=O)[C]2[CH][CH][CH][CH]2)cc(OC)c1OC.[CH]1[CH][CH][CH][CH]1.[Fe+2]. The molecule has 2 aliphatic rings. The van der Waals surface area contributed by atoms with E-state index in [0.29, 0.717) is 23.2 Å². The first-order valence-corrected chi connectivity index (χ1v) is 8.10. The second kappa shape index (κ2) is 12.9. The molecule has 0 saturated heterocycles. The van der Waals surface area contributed by atoms with E-state index >= 15 is 0 Å². The van der Waals surface area contributed by atoms with Crippen molar-refractivity contribution in [2.45, 2.75) is 0 Å². The van der Waals surface area contributed by atoms with E-state index in [2.05, 4.69) is 0 Å². The van der Waals surface area contributed by atoms with Crippen molar-refractivity contribution in [3.8, 4) is 17.2 Å². The number of benzene rings is 1. The van der Waals surface area contributed by atoms with Crippen LogP contribution in [-0.2, 0) is 21.9 Å². The van der Waals surface area contributed by atoms with Gasteiger partial charge in [0.2, 0.25) is 5.75 Å². The summed E-state index contributed by atoms with van der Waals surface area (Å²) in [5, 5.41) is 0. The summed E-state index contributed by atoms with van der Waals surface area (Å²) < 4.78 is 15.8. The summed E-state index contributed by atoms with van der Waals surface area (Å²) in [7, 11) is 4.66. The van der Waals surface area contributed by atoms with Gasteiger partial charge in [-0.3, -0.25) is 4.79 Å². The Bertz CT molecular complexity index is 570. The van der Waals surface area contributed by atoms with Gasteiger partial charge in [-0.15, -0.1) is 0 Å². The van der Waals surface area contributed by atoms with Gasteiger partial charge in [0.25, 0.3) is 0 Å². The summed E-state index contributed by atoms with van der Waals surface area (Å²) in [4.78, 5) is 11.9. The fourth-order valence-electron chi connectivity index (χ4n) is 2.32. The van der Waals surface area contributed by atoms with E-state index < -0.39 is 0 Å². The molecule has 0 amide bonds. The van der Waals surface area contributed by atoms with E-state index in [9.17, 15) is 4.79 Å². The van der Waals surface area contributed by atoms with Gasteiger partial charge in [0.05, 0.1) is 27.2 Å². The molecule has 2 aliphatic carbocycles. The summed E-state index contributed by atoms with van der Waals surface area (Å²) in [5.74, 6) is 2.25. The standard InChI is InChI=1S/C17H17O4.C5H5.Fe/c1-19-15-10-12(11-16(20-2)17(15)21-3)8-9-14(18)13-6-4-5-7-13;1-2-4-5-3-1;/h4-11H,1-3H3;1-5H;/q;;+2/b9-8+;;. The molecule has 2 fully saturated rings. The molecular formula is C22H22FeO4+2. The fraction of sp³-hybridized carbons (Fsp3) is 0.136. The quantitative estimate of drug-likeness (QED) is 0.534. The van der Waals surface area contributed by atoms with Crippen LogP contribution in [0.4, 0.5) is 0 Å². The molecule has 5 heteroatoms. The molecule has 0 N–H and O–H groups in total. The number of carbonyl (C=O) groups excluding carboxylic acids is 1. The van der Waals surface area contributed by atoms with Gasteiger partial charge < -0.3 is 14.2 Å². The smallest absolute Gasteiger partial charge is 0.493 e. The molecule has 27 heavy (non-hydrogen) atoms. The second-order valence-corrected chi connectivity index (χ2v) is 5.29. The first-order chi connectivity index (χ1) is 12.7. The van der Waals surface area contributed by atoms with E-state index in [1.54, 1.807) is 52.4 Å². The van der Waals surface area contributed by atoms with Crippen LogP contribution in [0.25, 0.3) is 6.08 Å². The maximum Gasteiger partial charge on any atom is 2.00 e. The van der Waals surface area contributed by atoms with Gasteiger partial charge in [-0.05, 0) is 81.6 Å². The number of rotatable bonds is 6. The molecular weight excluding hydrogens is 384 g/mol. The van der Waals surface area contributed by atoms with Crippen LogP contribution >= 0.6 is 0 Å². The third-order valence-corrected chi connectivity index (χ3v) is 3.62. The van der Waals surface area contributed by atoms with Crippen molar-refractivity contribution in [3.63, 3.8) is 0 Å². The van der Waals surface area contributed by atoms with Crippen molar-refractivity contribution < 1.29 is 36.1 Å². The van der Waals surface area contributed by atoms with Crippen molar-refractivity contribution in [2.75, 3.05) is 21.3 Å². The molecule has 0 aliphatic heterocycles. The van der Waals surface area contributed by atoms with Gasteiger partial charge in [0.15, 0.2) is 17.3 Å². The summed E-state index contributed by atoms with van der Waals surface area (Å²) in [6, 6.07) is 3.58. The number of hydrogen-bond donors (Lipinski definition) is 0. The van der Waals surface area contributed by atoms with Crippen LogP contribution in [0, 0.1) is 63.7 Å². The van der Waals surface area contributed by atoms with Gasteiger partial charge in [0.1, 0.15) is 0 Å². The Hall–Kier alpha value is -1.45. The molecule has 4 nitrogen and oxygen atoms in total. The zero-order valence-corrected chi connectivity index (χ0v) is 16.6. The predicted molar refractivity (Wildman–Crippen MR) is 102 cm³/mol. The third kappa shape index (κ3) is 7.23. The van der Waals surface area contributed by atoms with Crippen molar-refractivity contribution in [3.05, 3.63) is 87.5 Å². The van der Waals surface area contributed by atoms with Gasteiger partial charge in [-0.2, -0.15) is 0 Å². The van der Waals surface area contributed by atoms with Crippen LogP contribution in [0.3, 0.4) is 0 Å². The summed E-state index contributed by atoms with van der Waals surface area (Å²) in [6.07, 6.45) is 20.5. The van der Waals surface area contributed by atoms with Gasteiger partial charge in [-0.1, -0.05) is 6.08 Å². The van der Waals surface area contributed by atoms with E-state index in [0.717, 1.165) is 5.56 Å². The molecule has 10 radical (unpaired) electrons. The summed E-state index contributed by atoms with van der Waals surface area (Å²) in [6.45, 7) is 0.